The van der Waals surface area contributed by atoms with Crippen molar-refractivity contribution in [3.8, 4) is 0 Å². The number of carbonyl (C=O) groups is 1. The molecule has 0 spiro atoms. The zero-order valence-electron chi connectivity index (χ0n) is 9.27. The molecule has 0 fully saturated rings. The predicted octanol–water partition coefficient (Wildman–Crippen LogP) is 1.82. The number of allylic oxidation sites excluding steroid dienone is 1. The predicted molar refractivity (Wildman–Crippen MR) is 63.3 cm³/mol. The van der Waals surface area contributed by atoms with Crippen LogP contribution in [0.4, 0.5) is 0 Å². The van der Waals surface area contributed by atoms with Crippen molar-refractivity contribution in [3.63, 3.8) is 0 Å². The Bertz CT molecular complexity index is 540. The first-order valence-electron chi connectivity index (χ1n) is 5.00. The van der Waals surface area contributed by atoms with E-state index in [1.54, 1.807) is 6.20 Å². The summed E-state index contributed by atoms with van der Waals surface area (Å²) in [6.07, 6.45) is 3.23. The molecule has 0 saturated carbocycles. The standard InChI is InChI=1S/C12H13N3O/c1-15(2)8-7-11(16)12-9-5-3-4-6-10(9)13-14-12/h3-8H,1-2H3,(H,13,14)/b8-7+. The first kappa shape index (κ1) is 10.4. The zero-order valence-corrected chi connectivity index (χ0v) is 9.27. The van der Waals surface area contributed by atoms with Crippen molar-refractivity contribution in [2.45, 2.75) is 0 Å². The number of aromatic nitrogens is 2. The van der Waals surface area contributed by atoms with Crippen LogP contribution in [0.2, 0.25) is 0 Å². The number of hydrogen-bond acceptors (Lipinski definition) is 3. The lowest BCUT2D eigenvalue weighted by molar-refractivity contribution is 0.104. The molecule has 1 N–H and O–H groups in total. The van der Waals surface area contributed by atoms with Crippen LogP contribution in [-0.4, -0.2) is 35.0 Å². The van der Waals surface area contributed by atoms with Gasteiger partial charge in [-0.1, -0.05) is 18.2 Å². The molecule has 4 heteroatoms. The highest BCUT2D eigenvalue weighted by molar-refractivity contribution is 6.11. The van der Waals surface area contributed by atoms with Gasteiger partial charge in [-0.2, -0.15) is 5.10 Å². The monoisotopic (exact) mass is 215 g/mol. The number of carbonyl (C=O) groups excluding carboxylic acids is 1. The Morgan fingerprint density at radius 2 is 2.12 bits per heavy atom. The van der Waals surface area contributed by atoms with E-state index in [1.807, 2.05) is 43.3 Å². The fraction of sp³-hybridized carbons (Fsp3) is 0.167. The molecule has 2 aromatic rings. The summed E-state index contributed by atoms with van der Waals surface area (Å²) in [6.45, 7) is 0. The molecular weight excluding hydrogens is 202 g/mol. The highest BCUT2D eigenvalue weighted by atomic mass is 16.1. The van der Waals surface area contributed by atoms with E-state index in [0.29, 0.717) is 5.69 Å². The number of para-hydroxylation sites is 1. The molecule has 0 radical (unpaired) electrons. The minimum Gasteiger partial charge on any atom is -0.383 e. The minimum absolute atomic E-state index is 0.0915. The Hall–Kier alpha value is -2.10. The van der Waals surface area contributed by atoms with E-state index in [1.165, 1.54) is 6.08 Å². The quantitative estimate of drug-likeness (QED) is 0.627. The van der Waals surface area contributed by atoms with Gasteiger partial charge in [-0.3, -0.25) is 9.89 Å². The van der Waals surface area contributed by atoms with Gasteiger partial charge in [0.2, 0.25) is 5.78 Å². The molecule has 0 unspecified atom stereocenters. The Kier molecular flexibility index (Phi) is 2.72. The SMILES string of the molecule is CN(C)/C=C/C(=O)c1n[nH]c2ccccc12. The number of nitrogens with zero attached hydrogens (tertiary/aromatic N) is 2. The molecule has 82 valence electrons. The van der Waals surface area contributed by atoms with Gasteiger partial charge in [0.05, 0.1) is 5.52 Å². The highest BCUT2D eigenvalue weighted by Crippen LogP contribution is 2.15. The Morgan fingerprint density at radius 1 is 1.38 bits per heavy atom. The number of hydrogen-bond donors (Lipinski definition) is 1. The summed E-state index contributed by atoms with van der Waals surface area (Å²) >= 11 is 0. The Balaban J connectivity index is 2.37. The zero-order chi connectivity index (χ0) is 11.5. The second kappa shape index (κ2) is 4.18. The lowest BCUT2D eigenvalue weighted by Crippen LogP contribution is -2.03. The van der Waals surface area contributed by atoms with Crippen LogP contribution in [0, 0.1) is 0 Å². The van der Waals surface area contributed by atoms with Gasteiger partial charge < -0.3 is 4.90 Å². The van der Waals surface area contributed by atoms with Crippen molar-refractivity contribution in [2.75, 3.05) is 14.1 Å². The van der Waals surface area contributed by atoms with E-state index in [4.69, 9.17) is 0 Å². The van der Waals surface area contributed by atoms with Gasteiger partial charge in [0, 0.05) is 31.8 Å². The molecule has 2 rings (SSSR count). The van der Waals surface area contributed by atoms with Crippen molar-refractivity contribution in [1.29, 1.82) is 0 Å². The maximum atomic E-state index is 11.8. The van der Waals surface area contributed by atoms with Gasteiger partial charge in [0.25, 0.3) is 0 Å². The van der Waals surface area contributed by atoms with Crippen LogP contribution in [0.5, 0.6) is 0 Å². The van der Waals surface area contributed by atoms with E-state index >= 15 is 0 Å². The van der Waals surface area contributed by atoms with E-state index in [9.17, 15) is 4.79 Å². The van der Waals surface area contributed by atoms with Crippen LogP contribution in [0.3, 0.4) is 0 Å². The topological polar surface area (TPSA) is 49.0 Å². The molecule has 0 bridgehead atoms. The first-order valence-corrected chi connectivity index (χ1v) is 5.00. The van der Waals surface area contributed by atoms with Crippen LogP contribution in [-0.2, 0) is 0 Å². The van der Waals surface area contributed by atoms with Crippen LogP contribution in [0.25, 0.3) is 10.9 Å². The average Bonchev–Trinajstić information content (AvgIpc) is 2.69. The minimum atomic E-state index is -0.0915. The summed E-state index contributed by atoms with van der Waals surface area (Å²) in [5, 5.41) is 7.72. The molecule has 0 atom stereocenters. The summed E-state index contributed by atoms with van der Waals surface area (Å²) in [6, 6.07) is 7.58. The van der Waals surface area contributed by atoms with Crippen LogP contribution in [0.1, 0.15) is 10.5 Å². The summed E-state index contributed by atoms with van der Waals surface area (Å²) in [4.78, 5) is 13.6. The van der Waals surface area contributed by atoms with Crippen LogP contribution < -0.4 is 0 Å². The van der Waals surface area contributed by atoms with Gasteiger partial charge in [-0.15, -0.1) is 0 Å². The van der Waals surface area contributed by atoms with Gasteiger partial charge in [-0.05, 0) is 6.07 Å². The fourth-order valence-electron chi connectivity index (χ4n) is 1.45. The molecule has 0 saturated heterocycles. The molecule has 1 aromatic heterocycles. The van der Waals surface area contributed by atoms with Gasteiger partial charge in [0.15, 0.2) is 0 Å². The average molecular weight is 215 g/mol. The highest BCUT2D eigenvalue weighted by Gasteiger charge is 2.10. The third kappa shape index (κ3) is 1.95. The Morgan fingerprint density at radius 3 is 2.88 bits per heavy atom. The van der Waals surface area contributed by atoms with Crippen LogP contribution >= 0.6 is 0 Å². The number of fused-ring (bicyclic) bond motifs is 1. The molecule has 4 nitrogen and oxygen atoms in total. The van der Waals surface area contributed by atoms with Crippen molar-refractivity contribution >= 4 is 16.7 Å². The van der Waals surface area contributed by atoms with Crippen molar-refractivity contribution < 1.29 is 4.79 Å². The van der Waals surface area contributed by atoms with Gasteiger partial charge >= 0.3 is 0 Å². The van der Waals surface area contributed by atoms with Crippen molar-refractivity contribution in [1.82, 2.24) is 15.1 Å². The lowest BCUT2D eigenvalue weighted by Gasteiger charge is -2.01. The number of aromatic amines is 1. The van der Waals surface area contributed by atoms with E-state index in [0.717, 1.165) is 10.9 Å². The second-order valence-electron chi connectivity index (χ2n) is 3.76. The number of H-pyrrole nitrogens is 1. The molecule has 16 heavy (non-hydrogen) atoms. The maximum absolute atomic E-state index is 11.8. The number of nitrogens with one attached hydrogen (secondary N) is 1. The summed E-state index contributed by atoms with van der Waals surface area (Å²) < 4.78 is 0. The Labute approximate surface area is 93.6 Å². The first-order chi connectivity index (χ1) is 7.68. The smallest absolute Gasteiger partial charge is 0.208 e. The molecule has 0 aliphatic rings. The normalized spacial score (nSPS) is 11.1. The molecule has 0 aliphatic heterocycles. The third-order valence-corrected chi connectivity index (χ3v) is 2.23. The van der Waals surface area contributed by atoms with Crippen LogP contribution in [0.15, 0.2) is 36.5 Å². The van der Waals surface area contributed by atoms with E-state index in [2.05, 4.69) is 10.2 Å². The number of rotatable bonds is 3. The molecule has 1 heterocycles. The lowest BCUT2D eigenvalue weighted by atomic mass is 10.1. The summed E-state index contributed by atoms with van der Waals surface area (Å²) in [5.41, 5.74) is 1.35. The van der Waals surface area contributed by atoms with E-state index in [-0.39, 0.29) is 5.78 Å². The number of ketones is 1. The second-order valence-corrected chi connectivity index (χ2v) is 3.76. The third-order valence-electron chi connectivity index (χ3n) is 2.23. The molecule has 1 aromatic carbocycles. The molecule has 0 amide bonds. The largest absolute Gasteiger partial charge is 0.383 e. The fourth-order valence-corrected chi connectivity index (χ4v) is 1.45. The summed E-state index contributed by atoms with van der Waals surface area (Å²) in [7, 11) is 3.73. The van der Waals surface area contributed by atoms with Gasteiger partial charge in [0.1, 0.15) is 5.69 Å². The molecule has 0 aliphatic carbocycles. The van der Waals surface area contributed by atoms with E-state index < -0.39 is 0 Å². The van der Waals surface area contributed by atoms with Gasteiger partial charge in [-0.25, -0.2) is 0 Å². The van der Waals surface area contributed by atoms with Crippen molar-refractivity contribution in [3.05, 3.63) is 42.2 Å². The maximum Gasteiger partial charge on any atom is 0.208 e. The molecular formula is C12H13N3O. The summed E-state index contributed by atoms with van der Waals surface area (Å²) in [5.74, 6) is -0.0915. The number of benzene rings is 1. The van der Waals surface area contributed by atoms with Crippen molar-refractivity contribution in [2.24, 2.45) is 0 Å².